The van der Waals surface area contributed by atoms with Gasteiger partial charge in [-0.3, -0.25) is 0 Å². The van der Waals surface area contributed by atoms with Crippen LogP contribution in [0.3, 0.4) is 0 Å². The summed E-state index contributed by atoms with van der Waals surface area (Å²) >= 11 is 0. The third-order valence-electron chi connectivity index (χ3n) is 4.62. The Morgan fingerprint density at radius 2 is 2.15 bits per heavy atom. The standard InChI is InChI=1S/C16H22O4/c1-18-11-6-7-12-13(17)10-16(20-14(12)9-11)8-4-3-5-15(16)19-2/h6-7,9,13,15,17H,3-5,8,10H2,1-2H3. The average Bonchev–Trinajstić information content (AvgIpc) is 2.47. The molecule has 1 aliphatic heterocycles. The monoisotopic (exact) mass is 278 g/mol. The second-order valence-corrected chi connectivity index (χ2v) is 5.76. The van der Waals surface area contributed by atoms with Crippen LogP contribution in [0.25, 0.3) is 0 Å². The van der Waals surface area contributed by atoms with E-state index in [-0.39, 0.29) is 6.10 Å². The van der Waals surface area contributed by atoms with Gasteiger partial charge in [0.25, 0.3) is 0 Å². The van der Waals surface area contributed by atoms with E-state index >= 15 is 0 Å². The quantitative estimate of drug-likeness (QED) is 0.903. The molecule has 2 aliphatic rings. The Bertz CT molecular complexity index is 487. The second kappa shape index (κ2) is 5.26. The van der Waals surface area contributed by atoms with Crippen LogP contribution in [0.15, 0.2) is 18.2 Å². The molecule has 1 saturated carbocycles. The molecule has 1 N–H and O–H groups in total. The lowest BCUT2D eigenvalue weighted by atomic mass is 9.75. The van der Waals surface area contributed by atoms with Crippen molar-refractivity contribution in [2.75, 3.05) is 14.2 Å². The van der Waals surface area contributed by atoms with Crippen LogP contribution in [-0.2, 0) is 4.74 Å². The van der Waals surface area contributed by atoms with Crippen molar-refractivity contribution in [3.05, 3.63) is 23.8 Å². The summed E-state index contributed by atoms with van der Waals surface area (Å²) in [5, 5.41) is 10.5. The van der Waals surface area contributed by atoms with Crippen molar-refractivity contribution >= 4 is 0 Å². The first-order valence-electron chi connectivity index (χ1n) is 7.26. The highest BCUT2D eigenvalue weighted by Gasteiger charge is 2.48. The van der Waals surface area contributed by atoms with Crippen molar-refractivity contribution in [2.45, 2.75) is 49.9 Å². The predicted molar refractivity (Wildman–Crippen MR) is 75.2 cm³/mol. The second-order valence-electron chi connectivity index (χ2n) is 5.76. The maximum Gasteiger partial charge on any atom is 0.138 e. The molecule has 1 aliphatic carbocycles. The molecule has 1 aromatic carbocycles. The largest absolute Gasteiger partial charge is 0.497 e. The molecule has 110 valence electrons. The number of hydrogen-bond acceptors (Lipinski definition) is 4. The van der Waals surface area contributed by atoms with Gasteiger partial charge >= 0.3 is 0 Å². The zero-order valence-corrected chi connectivity index (χ0v) is 12.1. The van der Waals surface area contributed by atoms with Gasteiger partial charge in [-0.15, -0.1) is 0 Å². The summed E-state index contributed by atoms with van der Waals surface area (Å²) in [6.07, 6.45) is 4.34. The lowest BCUT2D eigenvalue weighted by molar-refractivity contribution is -0.130. The molecule has 4 nitrogen and oxygen atoms in total. The number of fused-ring (bicyclic) bond motifs is 1. The van der Waals surface area contributed by atoms with E-state index in [2.05, 4.69) is 0 Å². The van der Waals surface area contributed by atoms with E-state index < -0.39 is 11.7 Å². The zero-order chi connectivity index (χ0) is 14.2. The summed E-state index contributed by atoms with van der Waals surface area (Å²) in [5.41, 5.74) is 0.447. The minimum atomic E-state index is -0.500. The third kappa shape index (κ3) is 2.17. The lowest BCUT2D eigenvalue weighted by Gasteiger charge is -2.47. The molecule has 0 aromatic heterocycles. The van der Waals surface area contributed by atoms with Crippen LogP contribution in [0.5, 0.6) is 11.5 Å². The number of ether oxygens (including phenoxy) is 3. The van der Waals surface area contributed by atoms with E-state index in [1.165, 1.54) is 0 Å². The molecule has 3 rings (SSSR count). The first-order valence-corrected chi connectivity index (χ1v) is 7.26. The van der Waals surface area contributed by atoms with E-state index in [1.807, 2.05) is 18.2 Å². The van der Waals surface area contributed by atoms with Gasteiger partial charge in [-0.1, -0.05) is 6.42 Å². The molecule has 0 radical (unpaired) electrons. The number of methoxy groups -OCH3 is 2. The molecule has 1 heterocycles. The van der Waals surface area contributed by atoms with Gasteiger partial charge in [0.1, 0.15) is 17.1 Å². The van der Waals surface area contributed by atoms with Gasteiger partial charge in [0.2, 0.25) is 0 Å². The predicted octanol–water partition coefficient (Wildman–Crippen LogP) is 2.84. The maximum absolute atomic E-state index is 10.5. The van der Waals surface area contributed by atoms with Crippen molar-refractivity contribution in [3.8, 4) is 11.5 Å². The van der Waals surface area contributed by atoms with Crippen LogP contribution >= 0.6 is 0 Å². The smallest absolute Gasteiger partial charge is 0.138 e. The van der Waals surface area contributed by atoms with Gasteiger partial charge in [-0.25, -0.2) is 0 Å². The summed E-state index contributed by atoms with van der Waals surface area (Å²) in [6, 6.07) is 5.61. The maximum atomic E-state index is 10.5. The molecule has 1 fully saturated rings. The van der Waals surface area contributed by atoms with Crippen molar-refractivity contribution in [1.29, 1.82) is 0 Å². The van der Waals surface area contributed by atoms with Gasteiger partial charge in [-0.2, -0.15) is 0 Å². The molecule has 3 atom stereocenters. The van der Waals surface area contributed by atoms with Crippen LogP contribution in [0.4, 0.5) is 0 Å². The highest BCUT2D eigenvalue weighted by Crippen LogP contribution is 2.47. The van der Waals surface area contributed by atoms with E-state index in [0.29, 0.717) is 6.42 Å². The Balaban J connectivity index is 1.97. The summed E-state index contributed by atoms with van der Waals surface area (Å²) in [4.78, 5) is 0. The number of aliphatic hydroxyl groups excluding tert-OH is 1. The first kappa shape index (κ1) is 13.7. The Labute approximate surface area is 119 Å². The Kier molecular flexibility index (Phi) is 3.61. The van der Waals surface area contributed by atoms with Crippen molar-refractivity contribution in [3.63, 3.8) is 0 Å². The Morgan fingerprint density at radius 1 is 1.30 bits per heavy atom. The first-order chi connectivity index (χ1) is 9.68. The minimum absolute atomic E-state index is 0.0465. The molecule has 3 unspecified atom stereocenters. The van der Waals surface area contributed by atoms with Gasteiger partial charge < -0.3 is 19.3 Å². The molecular formula is C16H22O4. The topological polar surface area (TPSA) is 47.9 Å². The van der Waals surface area contributed by atoms with Crippen molar-refractivity contribution < 1.29 is 19.3 Å². The highest BCUT2D eigenvalue weighted by molar-refractivity contribution is 5.44. The molecule has 1 spiro atoms. The van der Waals surface area contributed by atoms with Crippen LogP contribution in [0, 0.1) is 0 Å². The molecular weight excluding hydrogens is 256 g/mol. The summed E-state index contributed by atoms with van der Waals surface area (Å²) < 4.78 is 17.2. The number of benzene rings is 1. The fourth-order valence-corrected chi connectivity index (χ4v) is 3.56. The molecule has 4 heteroatoms. The van der Waals surface area contributed by atoms with Crippen LogP contribution < -0.4 is 9.47 Å². The molecule has 1 aromatic rings. The fraction of sp³-hybridized carbons (Fsp3) is 0.625. The van der Waals surface area contributed by atoms with Crippen molar-refractivity contribution in [1.82, 2.24) is 0 Å². The van der Waals surface area contributed by atoms with E-state index in [1.54, 1.807) is 14.2 Å². The minimum Gasteiger partial charge on any atom is -0.497 e. The normalized spacial score (nSPS) is 32.5. The SMILES string of the molecule is COc1ccc2c(c1)OC1(CCCCC1OC)CC2O. The Hall–Kier alpha value is -1.26. The molecule has 20 heavy (non-hydrogen) atoms. The van der Waals surface area contributed by atoms with Crippen LogP contribution in [-0.4, -0.2) is 31.0 Å². The van der Waals surface area contributed by atoms with Crippen LogP contribution in [0.1, 0.15) is 43.8 Å². The van der Waals surface area contributed by atoms with Crippen molar-refractivity contribution in [2.24, 2.45) is 0 Å². The Morgan fingerprint density at radius 3 is 2.90 bits per heavy atom. The summed E-state index contributed by atoms with van der Waals surface area (Å²) in [6.45, 7) is 0. The average molecular weight is 278 g/mol. The number of rotatable bonds is 2. The van der Waals surface area contributed by atoms with E-state index in [0.717, 1.165) is 42.7 Å². The summed E-state index contributed by atoms with van der Waals surface area (Å²) in [5.74, 6) is 1.48. The zero-order valence-electron chi connectivity index (χ0n) is 12.1. The van der Waals surface area contributed by atoms with Gasteiger partial charge in [0.05, 0.1) is 19.3 Å². The van der Waals surface area contributed by atoms with Gasteiger partial charge in [-0.05, 0) is 31.4 Å². The fourth-order valence-electron chi connectivity index (χ4n) is 3.56. The van der Waals surface area contributed by atoms with E-state index in [4.69, 9.17) is 14.2 Å². The highest BCUT2D eigenvalue weighted by atomic mass is 16.6. The lowest BCUT2D eigenvalue weighted by Crippen LogP contribution is -2.53. The van der Waals surface area contributed by atoms with Crippen LogP contribution in [0.2, 0.25) is 0 Å². The molecule has 0 amide bonds. The van der Waals surface area contributed by atoms with Gasteiger partial charge in [0.15, 0.2) is 0 Å². The third-order valence-corrected chi connectivity index (χ3v) is 4.62. The van der Waals surface area contributed by atoms with Gasteiger partial charge in [0, 0.05) is 25.2 Å². The molecule has 0 saturated heterocycles. The number of hydrogen-bond donors (Lipinski definition) is 1. The molecule has 0 bridgehead atoms. The summed E-state index contributed by atoms with van der Waals surface area (Å²) in [7, 11) is 3.36. The van der Waals surface area contributed by atoms with E-state index in [9.17, 15) is 5.11 Å². The number of aliphatic hydroxyl groups is 1.